The Morgan fingerprint density at radius 2 is 1.88 bits per heavy atom. The van der Waals surface area contributed by atoms with Crippen molar-refractivity contribution >= 4 is 23.5 Å². The monoisotopic (exact) mass is 352 g/mol. The van der Waals surface area contributed by atoms with Crippen molar-refractivity contribution in [2.24, 2.45) is 0 Å². The van der Waals surface area contributed by atoms with E-state index in [0.717, 1.165) is 18.4 Å². The molecule has 0 atom stereocenters. The van der Waals surface area contributed by atoms with E-state index in [1.54, 1.807) is 12.1 Å². The molecule has 1 aromatic rings. The van der Waals surface area contributed by atoms with Crippen LogP contribution in [-0.2, 0) is 15.0 Å². The summed E-state index contributed by atoms with van der Waals surface area (Å²) in [5.41, 5.74) is 0.280. The van der Waals surface area contributed by atoms with E-state index in [1.165, 1.54) is 0 Å². The summed E-state index contributed by atoms with van der Waals surface area (Å²) in [6.07, 6.45) is 1.59. The highest BCUT2D eigenvalue weighted by molar-refractivity contribution is 6.30. The number of carboxylic acids is 1. The van der Waals surface area contributed by atoms with Crippen molar-refractivity contribution in [1.82, 2.24) is 10.2 Å². The maximum Gasteiger partial charge on any atom is 0.317 e. The minimum Gasteiger partial charge on any atom is -0.480 e. The van der Waals surface area contributed by atoms with Crippen molar-refractivity contribution in [3.05, 3.63) is 34.9 Å². The zero-order chi connectivity index (χ0) is 17.9. The molecule has 1 aliphatic rings. The molecule has 0 radical (unpaired) electrons. The van der Waals surface area contributed by atoms with Crippen molar-refractivity contribution < 1.29 is 14.7 Å². The molecule has 1 fully saturated rings. The summed E-state index contributed by atoms with van der Waals surface area (Å²) in [5, 5.41) is 12.7. The fraction of sp³-hybridized carbons (Fsp3) is 0.556. The minimum atomic E-state index is -0.812. The third kappa shape index (κ3) is 4.28. The Labute approximate surface area is 148 Å². The van der Waals surface area contributed by atoms with Crippen LogP contribution in [0.5, 0.6) is 0 Å². The molecule has 5 nitrogen and oxygen atoms in total. The highest BCUT2D eigenvalue weighted by Gasteiger charge is 2.38. The van der Waals surface area contributed by atoms with E-state index < -0.39 is 11.4 Å². The normalized spacial score (nSPS) is 20.5. The maximum atomic E-state index is 12.6. The number of nitrogens with one attached hydrogen (secondary N) is 1. The van der Waals surface area contributed by atoms with E-state index in [2.05, 4.69) is 5.32 Å². The first kappa shape index (κ1) is 18.7. The first-order valence-corrected chi connectivity index (χ1v) is 8.64. The van der Waals surface area contributed by atoms with Crippen LogP contribution in [0.2, 0.25) is 5.02 Å². The minimum absolute atomic E-state index is 0.0189. The Kier molecular flexibility index (Phi) is 5.88. The lowest BCUT2D eigenvalue weighted by atomic mass is 9.81. The summed E-state index contributed by atoms with van der Waals surface area (Å²) in [7, 11) is 0. The van der Waals surface area contributed by atoms with Crippen LogP contribution in [0.15, 0.2) is 24.3 Å². The zero-order valence-electron chi connectivity index (χ0n) is 14.4. The number of aliphatic carboxylic acids is 1. The van der Waals surface area contributed by atoms with Gasteiger partial charge in [-0.05, 0) is 50.9 Å². The number of amides is 1. The van der Waals surface area contributed by atoms with Crippen LogP contribution in [0, 0.1) is 0 Å². The molecule has 6 heteroatoms. The van der Waals surface area contributed by atoms with Crippen molar-refractivity contribution in [3.8, 4) is 0 Å². The molecule has 0 saturated heterocycles. The van der Waals surface area contributed by atoms with E-state index in [4.69, 9.17) is 16.7 Å². The molecule has 1 aliphatic carbocycles. The first-order chi connectivity index (χ1) is 11.2. The summed E-state index contributed by atoms with van der Waals surface area (Å²) in [4.78, 5) is 25.4. The fourth-order valence-corrected chi connectivity index (χ4v) is 3.17. The van der Waals surface area contributed by atoms with Crippen molar-refractivity contribution in [2.75, 3.05) is 13.1 Å². The Balaban J connectivity index is 1.89. The highest BCUT2D eigenvalue weighted by atomic mass is 35.5. The zero-order valence-corrected chi connectivity index (χ0v) is 15.1. The molecule has 1 aromatic carbocycles. The Bertz CT molecular complexity index is 595. The number of rotatable bonds is 7. The summed E-state index contributed by atoms with van der Waals surface area (Å²) in [5.74, 6) is -0.831. The third-order valence-corrected chi connectivity index (χ3v) is 5.09. The molecule has 0 unspecified atom stereocenters. The van der Waals surface area contributed by atoms with Gasteiger partial charge in [0.15, 0.2) is 0 Å². The van der Waals surface area contributed by atoms with Crippen LogP contribution in [0.25, 0.3) is 0 Å². The van der Waals surface area contributed by atoms with Crippen LogP contribution in [0.4, 0.5) is 0 Å². The van der Waals surface area contributed by atoms with Gasteiger partial charge in [0, 0.05) is 17.1 Å². The molecule has 0 aliphatic heterocycles. The van der Waals surface area contributed by atoms with Gasteiger partial charge in [0.05, 0.1) is 12.0 Å². The lowest BCUT2D eigenvalue weighted by molar-refractivity contribution is -0.140. The van der Waals surface area contributed by atoms with Crippen LogP contribution in [-0.4, -0.2) is 47.1 Å². The molecule has 1 amide bonds. The smallest absolute Gasteiger partial charge is 0.317 e. The number of likely N-dealkylation sites (N-methyl/N-ethyl adjacent to an activating group) is 1. The first-order valence-electron chi connectivity index (χ1n) is 8.27. The van der Waals surface area contributed by atoms with E-state index in [9.17, 15) is 9.59 Å². The quantitative estimate of drug-likeness (QED) is 0.791. The van der Waals surface area contributed by atoms with Gasteiger partial charge in [-0.15, -0.1) is 0 Å². The second-order valence-electron chi connectivity index (χ2n) is 6.88. The van der Waals surface area contributed by atoms with Gasteiger partial charge in [0.25, 0.3) is 0 Å². The molecule has 0 bridgehead atoms. The number of nitrogens with zero attached hydrogens (tertiary/aromatic N) is 1. The van der Waals surface area contributed by atoms with Gasteiger partial charge < -0.3 is 10.4 Å². The van der Waals surface area contributed by atoms with Gasteiger partial charge in [-0.1, -0.05) is 30.7 Å². The Morgan fingerprint density at radius 3 is 2.38 bits per heavy atom. The van der Waals surface area contributed by atoms with Crippen LogP contribution >= 0.6 is 11.6 Å². The highest BCUT2D eigenvalue weighted by Crippen LogP contribution is 2.29. The molecular weight excluding hydrogens is 328 g/mol. The topological polar surface area (TPSA) is 69.6 Å². The molecule has 132 valence electrons. The van der Waals surface area contributed by atoms with Gasteiger partial charge >= 0.3 is 5.97 Å². The molecule has 2 N–H and O–H groups in total. The number of carbonyl (C=O) groups is 2. The Hall–Kier alpha value is -1.59. The summed E-state index contributed by atoms with van der Waals surface area (Å²) in [6.45, 7) is 6.50. The second-order valence-corrected chi connectivity index (χ2v) is 7.32. The SMILES string of the molecule is CCN(CC(=O)O)C1CC(NC(=O)C(C)(C)c2ccc(Cl)cc2)C1. The molecule has 0 spiro atoms. The van der Waals surface area contributed by atoms with Gasteiger partial charge in [0.2, 0.25) is 5.91 Å². The van der Waals surface area contributed by atoms with Gasteiger partial charge in [-0.25, -0.2) is 0 Å². The standard InChI is InChI=1S/C18H25ClN2O3/c1-4-21(11-16(22)23)15-9-14(10-15)20-17(24)18(2,3)12-5-7-13(19)8-6-12/h5-8,14-15H,4,9-11H2,1-3H3,(H,20,24)(H,22,23). The molecule has 24 heavy (non-hydrogen) atoms. The average molecular weight is 353 g/mol. The van der Waals surface area contributed by atoms with E-state index in [0.29, 0.717) is 11.6 Å². The predicted molar refractivity (Wildman–Crippen MR) is 94.3 cm³/mol. The number of halogens is 1. The van der Waals surface area contributed by atoms with Crippen molar-refractivity contribution in [3.63, 3.8) is 0 Å². The van der Waals surface area contributed by atoms with Gasteiger partial charge in [-0.2, -0.15) is 0 Å². The average Bonchev–Trinajstić information content (AvgIpc) is 2.48. The van der Waals surface area contributed by atoms with Gasteiger partial charge in [0.1, 0.15) is 0 Å². The van der Waals surface area contributed by atoms with Crippen LogP contribution < -0.4 is 5.32 Å². The van der Waals surface area contributed by atoms with E-state index >= 15 is 0 Å². The molecular formula is C18H25ClN2O3. The predicted octanol–water partition coefficient (Wildman–Crippen LogP) is 2.67. The molecule has 0 heterocycles. The molecule has 2 rings (SSSR count). The fourth-order valence-electron chi connectivity index (χ4n) is 3.04. The van der Waals surface area contributed by atoms with E-state index in [-0.39, 0.29) is 24.5 Å². The molecule has 1 saturated carbocycles. The summed E-state index contributed by atoms with van der Waals surface area (Å²) in [6, 6.07) is 7.66. The number of benzene rings is 1. The molecule has 0 aromatic heterocycles. The van der Waals surface area contributed by atoms with Crippen LogP contribution in [0.3, 0.4) is 0 Å². The number of carboxylic acid groups (broad SMARTS) is 1. The maximum absolute atomic E-state index is 12.6. The third-order valence-electron chi connectivity index (χ3n) is 4.84. The summed E-state index contributed by atoms with van der Waals surface area (Å²) < 4.78 is 0. The number of hydrogen-bond donors (Lipinski definition) is 2. The second kappa shape index (κ2) is 7.53. The van der Waals surface area contributed by atoms with Crippen molar-refractivity contribution in [1.29, 1.82) is 0 Å². The van der Waals surface area contributed by atoms with Crippen LogP contribution in [0.1, 0.15) is 39.2 Å². The lowest BCUT2D eigenvalue weighted by Gasteiger charge is -2.43. The number of carbonyl (C=O) groups excluding carboxylic acids is 1. The van der Waals surface area contributed by atoms with Crippen molar-refractivity contribution in [2.45, 2.75) is 51.1 Å². The largest absolute Gasteiger partial charge is 0.480 e. The van der Waals surface area contributed by atoms with E-state index in [1.807, 2.05) is 37.8 Å². The summed E-state index contributed by atoms with van der Waals surface area (Å²) >= 11 is 5.91. The van der Waals surface area contributed by atoms with Gasteiger partial charge in [-0.3, -0.25) is 14.5 Å². The number of hydrogen-bond acceptors (Lipinski definition) is 3. The Morgan fingerprint density at radius 1 is 1.29 bits per heavy atom. The lowest BCUT2D eigenvalue weighted by Crippen LogP contribution is -2.57.